The van der Waals surface area contributed by atoms with E-state index in [2.05, 4.69) is 26.9 Å². The summed E-state index contributed by atoms with van der Waals surface area (Å²) in [5, 5.41) is 0. The Kier molecular flexibility index (Phi) is 4.38. The van der Waals surface area contributed by atoms with E-state index >= 15 is 0 Å². The number of carbonyl (C=O) groups excluding carboxylic acids is 1. The first-order chi connectivity index (χ1) is 9.08. The molecular weight excluding hydrogens is 302 g/mol. The van der Waals surface area contributed by atoms with Crippen LogP contribution in [0.2, 0.25) is 0 Å². The van der Waals surface area contributed by atoms with Crippen molar-refractivity contribution in [1.29, 1.82) is 0 Å². The largest absolute Gasteiger partial charge is 0.370 e. The molecule has 0 heterocycles. The van der Waals surface area contributed by atoms with E-state index in [4.69, 9.17) is 0 Å². The van der Waals surface area contributed by atoms with Crippen LogP contribution in [0.3, 0.4) is 0 Å². The van der Waals surface area contributed by atoms with Crippen molar-refractivity contribution < 1.29 is 4.79 Å². The third-order valence-corrected chi connectivity index (χ3v) is 3.85. The maximum absolute atomic E-state index is 11.2. The van der Waals surface area contributed by atoms with Gasteiger partial charge in [-0.15, -0.1) is 0 Å². The van der Waals surface area contributed by atoms with Crippen molar-refractivity contribution in [3.05, 3.63) is 64.1 Å². The summed E-state index contributed by atoms with van der Waals surface area (Å²) in [4.78, 5) is 13.4. The van der Waals surface area contributed by atoms with E-state index in [0.29, 0.717) is 0 Å². The summed E-state index contributed by atoms with van der Waals surface area (Å²) in [6.45, 7) is 2.40. The van der Waals surface area contributed by atoms with Gasteiger partial charge in [0, 0.05) is 29.3 Å². The van der Waals surface area contributed by atoms with Gasteiger partial charge in [0.15, 0.2) is 5.78 Å². The highest BCUT2D eigenvalue weighted by molar-refractivity contribution is 9.10. The van der Waals surface area contributed by atoms with Gasteiger partial charge in [-0.1, -0.05) is 34.1 Å². The molecule has 98 valence electrons. The summed E-state index contributed by atoms with van der Waals surface area (Å²) < 4.78 is 1.11. The molecule has 2 rings (SSSR count). The fraction of sp³-hybridized carbons (Fsp3) is 0.188. The van der Waals surface area contributed by atoms with Gasteiger partial charge < -0.3 is 4.90 Å². The van der Waals surface area contributed by atoms with Crippen LogP contribution < -0.4 is 4.90 Å². The van der Waals surface area contributed by atoms with Crippen LogP contribution >= 0.6 is 15.9 Å². The zero-order valence-corrected chi connectivity index (χ0v) is 12.6. The lowest BCUT2D eigenvalue weighted by molar-refractivity contribution is 0.101. The van der Waals surface area contributed by atoms with Gasteiger partial charge in [-0.3, -0.25) is 4.79 Å². The van der Waals surface area contributed by atoms with Gasteiger partial charge in [0.25, 0.3) is 0 Å². The lowest BCUT2D eigenvalue weighted by atomic mass is 10.1. The molecule has 0 saturated heterocycles. The number of halogens is 1. The van der Waals surface area contributed by atoms with Crippen molar-refractivity contribution in [1.82, 2.24) is 0 Å². The molecule has 0 unspecified atom stereocenters. The van der Waals surface area contributed by atoms with Gasteiger partial charge in [0.1, 0.15) is 0 Å². The maximum atomic E-state index is 11.2. The fourth-order valence-electron chi connectivity index (χ4n) is 1.92. The second-order valence-corrected chi connectivity index (χ2v) is 5.40. The topological polar surface area (TPSA) is 20.3 Å². The molecule has 0 spiro atoms. The van der Waals surface area contributed by atoms with Crippen LogP contribution in [0.4, 0.5) is 5.69 Å². The summed E-state index contributed by atoms with van der Waals surface area (Å²) in [6.07, 6.45) is 0. The first kappa shape index (κ1) is 13.8. The van der Waals surface area contributed by atoms with E-state index in [1.807, 2.05) is 49.5 Å². The summed E-state index contributed by atoms with van der Waals surface area (Å²) >= 11 is 3.56. The van der Waals surface area contributed by atoms with Crippen LogP contribution in [0, 0.1) is 0 Å². The van der Waals surface area contributed by atoms with E-state index in [-0.39, 0.29) is 5.78 Å². The molecule has 2 aromatic rings. The molecule has 0 aliphatic rings. The average Bonchev–Trinajstić information content (AvgIpc) is 2.41. The molecule has 0 aliphatic carbocycles. The number of benzene rings is 2. The standard InChI is InChI=1S/C16H16BrNO/c1-12(19)13-7-9-15(10-8-13)18(2)11-14-5-3-4-6-16(14)17/h3-10H,11H2,1-2H3. The number of carbonyl (C=O) groups is 1. The van der Waals surface area contributed by atoms with Crippen molar-refractivity contribution in [2.45, 2.75) is 13.5 Å². The second kappa shape index (κ2) is 6.02. The molecule has 0 saturated carbocycles. The predicted octanol–water partition coefficient (Wildman–Crippen LogP) is 4.29. The molecule has 0 amide bonds. The van der Waals surface area contributed by atoms with Gasteiger partial charge in [0.2, 0.25) is 0 Å². The van der Waals surface area contributed by atoms with Crippen LogP contribution in [0.5, 0.6) is 0 Å². The Morgan fingerprint density at radius 1 is 1.11 bits per heavy atom. The van der Waals surface area contributed by atoms with Crippen molar-refractivity contribution in [2.75, 3.05) is 11.9 Å². The molecule has 0 aliphatic heterocycles. The van der Waals surface area contributed by atoms with Crippen molar-refractivity contribution in [3.8, 4) is 0 Å². The first-order valence-corrected chi connectivity index (χ1v) is 6.93. The van der Waals surface area contributed by atoms with E-state index in [1.165, 1.54) is 5.56 Å². The zero-order chi connectivity index (χ0) is 13.8. The third kappa shape index (κ3) is 3.44. The lowest BCUT2D eigenvalue weighted by Crippen LogP contribution is -2.16. The molecule has 3 heteroatoms. The van der Waals surface area contributed by atoms with Crippen molar-refractivity contribution in [2.24, 2.45) is 0 Å². The number of anilines is 1. The normalized spacial score (nSPS) is 10.3. The molecule has 19 heavy (non-hydrogen) atoms. The number of hydrogen-bond donors (Lipinski definition) is 0. The van der Waals surface area contributed by atoms with Gasteiger partial charge in [-0.25, -0.2) is 0 Å². The van der Waals surface area contributed by atoms with E-state index in [0.717, 1.165) is 22.3 Å². The Bertz CT molecular complexity index is 578. The van der Waals surface area contributed by atoms with Crippen LogP contribution in [0.1, 0.15) is 22.8 Å². The minimum absolute atomic E-state index is 0.0972. The third-order valence-electron chi connectivity index (χ3n) is 3.08. The zero-order valence-electron chi connectivity index (χ0n) is 11.1. The molecule has 2 aromatic carbocycles. The molecule has 0 aromatic heterocycles. The summed E-state index contributed by atoms with van der Waals surface area (Å²) in [6, 6.07) is 15.9. The molecule has 0 fully saturated rings. The molecule has 0 radical (unpaired) electrons. The highest BCUT2D eigenvalue weighted by Gasteiger charge is 2.05. The van der Waals surface area contributed by atoms with Crippen LogP contribution in [0.15, 0.2) is 53.0 Å². The minimum atomic E-state index is 0.0972. The van der Waals surface area contributed by atoms with Crippen LogP contribution in [-0.2, 0) is 6.54 Å². The number of Topliss-reactive ketones (excluding diaryl/α,β-unsaturated/α-hetero) is 1. The Morgan fingerprint density at radius 3 is 2.32 bits per heavy atom. The molecular formula is C16H16BrNO. The number of hydrogen-bond acceptors (Lipinski definition) is 2. The Morgan fingerprint density at radius 2 is 1.74 bits per heavy atom. The first-order valence-electron chi connectivity index (χ1n) is 6.13. The van der Waals surface area contributed by atoms with Crippen molar-refractivity contribution >= 4 is 27.4 Å². The smallest absolute Gasteiger partial charge is 0.159 e. The van der Waals surface area contributed by atoms with Gasteiger partial charge in [0.05, 0.1) is 0 Å². The van der Waals surface area contributed by atoms with Crippen molar-refractivity contribution in [3.63, 3.8) is 0 Å². The van der Waals surface area contributed by atoms with E-state index in [1.54, 1.807) is 6.92 Å². The molecule has 0 bridgehead atoms. The highest BCUT2D eigenvalue weighted by Crippen LogP contribution is 2.21. The quantitative estimate of drug-likeness (QED) is 0.784. The van der Waals surface area contributed by atoms with Crippen LogP contribution in [-0.4, -0.2) is 12.8 Å². The Balaban J connectivity index is 2.14. The minimum Gasteiger partial charge on any atom is -0.370 e. The summed E-state index contributed by atoms with van der Waals surface area (Å²) in [5.41, 5.74) is 3.08. The van der Waals surface area contributed by atoms with Gasteiger partial charge in [-0.2, -0.15) is 0 Å². The second-order valence-electron chi connectivity index (χ2n) is 4.55. The van der Waals surface area contributed by atoms with Gasteiger partial charge >= 0.3 is 0 Å². The monoisotopic (exact) mass is 317 g/mol. The number of nitrogens with zero attached hydrogens (tertiary/aromatic N) is 1. The predicted molar refractivity (Wildman–Crippen MR) is 82.7 cm³/mol. The van der Waals surface area contributed by atoms with Gasteiger partial charge in [-0.05, 0) is 42.8 Å². The summed E-state index contributed by atoms with van der Waals surface area (Å²) in [7, 11) is 2.04. The maximum Gasteiger partial charge on any atom is 0.159 e. The Labute approximate surface area is 122 Å². The van der Waals surface area contributed by atoms with E-state index < -0.39 is 0 Å². The van der Waals surface area contributed by atoms with E-state index in [9.17, 15) is 4.79 Å². The molecule has 0 N–H and O–H groups in total. The SMILES string of the molecule is CC(=O)c1ccc(N(C)Cc2ccccc2Br)cc1. The molecule has 2 nitrogen and oxygen atoms in total. The number of ketones is 1. The Hall–Kier alpha value is -1.61. The fourth-order valence-corrected chi connectivity index (χ4v) is 2.33. The highest BCUT2D eigenvalue weighted by atomic mass is 79.9. The lowest BCUT2D eigenvalue weighted by Gasteiger charge is -2.20. The number of rotatable bonds is 4. The molecule has 0 atom stereocenters. The summed E-state index contributed by atoms with van der Waals surface area (Å²) in [5.74, 6) is 0.0972. The average molecular weight is 318 g/mol. The van der Waals surface area contributed by atoms with Crippen LogP contribution in [0.25, 0.3) is 0 Å².